The van der Waals surface area contributed by atoms with Gasteiger partial charge in [-0.2, -0.15) is 0 Å². The summed E-state index contributed by atoms with van der Waals surface area (Å²) in [5, 5.41) is 11.1. The highest BCUT2D eigenvalue weighted by Gasteiger charge is 2.31. The molecule has 1 unspecified atom stereocenters. The van der Waals surface area contributed by atoms with Gasteiger partial charge in [0.1, 0.15) is 0 Å². The first-order valence-electron chi connectivity index (χ1n) is 10.1. The number of carbonyl (C=O) groups excluding carboxylic acids is 2. The highest BCUT2D eigenvalue weighted by atomic mass is 16.2. The van der Waals surface area contributed by atoms with Crippen molar-refractivity contribution in [3.05, 3.63) is 41.2 Å². The minimum atomic E-state index is -0.219. The lowest BCUT2D eigenvalue weighted by atomic mass is 10.2. The highest BCUT2D eigenvalue weighted by Crippen LogP contribution is 2.19. The molecule has 1 aliphatic rings. The Hall–Kier alpha value is -2.74. The van der Waals surface area contributed by atoms with E-state index in [9.17, 15) is 9.59 Å². The number of amides is 2. The molecule has 0 aliphatic carbocycles. The van der Waals surface area contributed by atoms with Gasteiger partial charge in [0.25, 0.3) is 5.91 Å². The van der Waals surface area contributed by atoms with E-state index in [2.05, 4.69) is 20.5 Å². The number of carbonyl (C=O) groups is 2. The van der Waals surface area contributed by atoms with Crippen molar-refractivity contribution in [3.8, 4) is 5.69 Å². The number of rotatable bonds is 7. The topological polar surface area (TPSA) is 83.4 Å². The van der Waals surface area contributed by atoms with Crippen LogP contribution in [0.5, 0.6) is 0 Å². The third kappa shape index (κ3) is 4.82. The lowest BCUT2D eigenvalue weighted by molar-refractivity contribution is -0.133. The van der Waals surface area contributed by atoms with Crippen LogP contribution in [-0.4, -0.2) is 76.4 Å². The van der Waals surface area contributed by atoms with Gasteiger partial charge in [0, 0.05) is 27.2 Å². The molecule has 1 aliphatic heterocycles. The van der Waals surface area contributed by atoms with Gasteiger partial charge in [-0.25, -0.2) is 4.68 Å². The number of nitrogens with one attached hydrogen (secondary N) is 1. The second-order valence-electron chi connectivity index (χ2n) is 7.81. The Kier molecular flexibility index (Phi) is 6.64. The van der Waals surface area contributed by atoms with Crippen molar-refractivity contribution >= 4 is 11.8 Å². The Morgan fingerprint density at radius 3 is 2.62 bits per heavy atom. The molecule has 3 rings (SSSR count). The van der Waals surface area contributed by atoms with E-state index < -0.39 is 0 Å². The molecule has 0 spiro atoms. The van der Waals surface area contributed by atoms with Gasteiger partial charge in [-0.1, -0.05) is 22.9 Å². The smallest absolute Gasteiger partial charge is 0.273 e. The zero-order chi connectivity index (χ0) is 21.0. The van der Waals surface area contributed by atoms with Gasteiger partial charge in [0.2, 0.25) is 5.91 Å². The first-order chi connectivity index (χ1) is 13.9. The fourth-order valence-corrected chi connectivity index (χ4v) is 3.71. The minimum Gasteiger partial charge on any atom is -0.351 e. The molecule has 1 aromatic heterocycles. The van der Waals surface area contributed by atoms with Crippen LogP contribution in [0.25, 0.3) is 5.69 Å². The normalized spacial score (nSPS) is 16.8. The van der Waals surface area contributed by atoms with Crippen LogP contribution in [0.2, 0.25) is 0 Å². The van der Waals surface area contributed by atoms with E-state index in [0.29, 0.717) is 17.9 Å². The van der Waals surface area contributed by atoms with Crippen LogP contribution in [0, 0.1) is 13.8 Å². The van der Waals surface area contributed by atoms with E-state index in [1.165, 1.54) is 0 Å². The molecule has 2 amide bonds. The van der Waals surface area contributed by atoms with Crippen molar-refractivity contribution in [2.24, 2.45) is 0 Å². The molecule has 2 heterocycles. The van der Waals surface area contributed by atoms with Crippen LogP contribution in [0.15, 0.2) is 24.3 Å². The fraction of sp³-hybridized carbons (Fsp3) is 0.524. The lowest BCUT2D eigenvalue weighted by Gasteiger charge is -2.25. The van der Waals surface area contributed by atoms with E-state index in [-0.39, 0.29) is 17.9 Å². The largest absolute Gasteiger partial charge is 0.351 e. The third-order valence-corrected chi connectivity index (χ3v) is 5.39. The summed E-state index contributed by atoms with van der Waals surface area (Å²) in [6, 6.07) is 7.89. The summed E-state index contributed by atoms with van der Waals surface area (Å²) in [5.41, 5.74) is 3.09. The summed E-state index contributed by atoms with van der Waals surface area (Å²) >= 11 is 0. The van der Waals surface area contributed by atoms with Crippen LogP contribution < -0.4 is 5.32 Å². The van der Waals surface area contributed by atoms with Gasteiger partial charge in [0.15, 0.2) is 5.69 Å². The minimum absolute atomic E-state index is 0.0302. The van der Waals surface area contributed by atoms with Crippen LogP contribution in [-0.2, 0) is 4.79 Å². The summed E-state index contributed by atoms with van der Waals surface area (Å²) in [5.74, 6) is -0.0573. The number of aromatic nitrogens is 3. The van der Waals surface area contributed by atoms with Crippen molar-refractivity contribution in [2.45, 2.75) is 39.2 Å². The number of hydrogen-bond acceptors (Lipinski definition) is 5. The Bertz CT molecular complexity index is 859. The van der Waals surface area contributed by atoms with E-state index in [1.807, 2.05) is 38.1 Å². The average molecular weight is 399 g/mol. The highest BCUT2D eigenvalue weighted by molar-refractivity contribution is 5.93. The van der Waals surface area contributed by atoms with Gasteiger partial charge in [-0.3, -0.25) is 14.5 Å². The molecular weight excluding hydrogens is 368 g/mol. The molecule has 29 heavy (non-hydrogen) atoms. The molecule has 1 aromatic carbocycles. The predicted octanol–water partition coefficient (Wildman–Crippen LogP) is 1.56. The second kappa shape index (κ2) is 9.17. The maximum absolute atomic E-state index is 12.5. The molecule has 0 bridgehead atoms. The maximum Gasteiger partial charge on any atom is 0.273 e. The monoisotopic (exact) mass is 398 g/mol. The number of likely N-dealkylation sites (tertiary alicyclic amines) is 1. The van der Waals surface area contributed by atoms with Crippen LogP contribution in [0.4, 0.5) is 0 Å². The second-order valence-corrected chi connectivity index (χ2v) is 7.81. The van der Waals surface area contributed by atoms with E-state index in [0.717, 1.165) is 43.6 Å². The Balaban J connectivity index is 1.51. The molecule has 0 radical (unpaired) electrons. The van der Waals surface area contributed by atoms with Crippen LogP contribution >= 0.6 is 0 Å². The van der Waals surface area contributed by atoms with Gasteiger partial charge in [-0.15, -0.1) is 5.10 Å². The zero-order valence-electron chi connectivity index (χ0n) is 17.7. The van der Waals surface area contributed by atoms with Gasteiger partial charge < -0.3 is 10.2 Å². The summed E-state index contributed by atoms with van der Waals surface area (Å²) in [6.07, 6.45) is 2.73. The van der Waals surface area contributed by atoms with Crippen molar-refractivity contribution in [1.29, 1.82) is 0 Å². The van der Waals surface area contributed by atoms with Crippen LogP contribution in [0.3, 0.4) is 0 Å². The molecule has 1 atom stereocenters. The molecular formula is C21H30N6O2. The molecule has 156 valence electrons. The summed E-state index contributed by atoms with van der Waals surface area (Å²) in [6.45, 7) is 6.13. The standard InChI is InChI=1S/C21H30N6O2/c1-15-8-10-17(11-9-15)27-16(2)19(23-24-27)20(28)22-12-6-14-26-13-5-7-18(26)21(29)25(3)4/h8-11,18H,5-7,12-14H2,1-4H3,(H,22,28). The van der Waals surface area contributed by atoms with E-state index in [1.54, 1.807) is 23.7 Å². The molecule has 8 heteroatoms. The first kappa shape index (κ1) is 21.0. The van der Waals surface area contributed by atoms with E-state index in [4.69, 9.17) is 0 Å². The van der Waals surface area contributed by atoms with Gasteiger partial charge >= 0.3 is 0 Å². The van der Waals surface area contributed by atoms with E-state index >= 15 is 0 Å². The zero-order valence-corrected chi connectivity index (χ0v) is 17.7. The van der Waals surface area contributed by atoms with Crippen molar-refractivity contribution < 1.29 is 9.59 Å². The van der Waals surface area contributed by atoms with Gasteiger partial charge in [-0.05, 0) is 51.8 Å². The Labute approximate surface area is 171 Å². The lowest BCUT2D eigenvalue weighted by Crippen LogP contribution is -2.43. The molecule has 1 saturated heterocycles. The quantitative estimate of drug-likeness (QED) is 0.716. The average Bonchev–Trinajstić information content (AvgIpc) is 3.31. The summed E-state index contributed by atoms with van der Waals surface area (Å²) in [7, 11) is 3.59. The molecule has 1 N–H and O–H groups in total. The Morgan fingerprint density at radius 2 is 1.93 bits per heavy atom. The Morgan fingerprint density at radius 1 is 1.21 bits per heavy atom. The number of benzene rings is 1. The van der Waals surface area contributed by atoms with Gasteiger partial charge in [0.05, 0.1) is 17.4 Å². The van der Waals surface area contributed by atoms with Crippen molar-refractivity contribution in [1.82, 2.24) is 30.1 Å². The first-order valence-corrected chi connectivity index (χ1v) is 10.1. The molecule has 2 aromatic rings. The third-order valence-electron chi connectivity index (χ3n) is 5.39. The molecule has 8 nitrogen and oxygen atoms in total. The van der Waals surface area contributed by atoms with Crippen LogP contribution in [0.1, 0.15) is 41.0 Å². The fourth-order valence-electron chi connectivity index (χ4n) is 3.71. The number of likely N-dealkylation sites (N-methyl/N-ethyl adjacent to an activating group) is 1. The molecule has 0 saturated carbocycles. The predicted molar refractivity (Wildman–Crippen MR) is 111 cm³/mol. The number of aryl methyl sites for hydroxylation is 1. The maximum atomic E-state index is 12.5. The number of hydrogen-bond donors (Lipinski definition) is 1. The number of nitrogens with zero attached hydrogens (tertiary/aromatic N) is 5. The molecule has 1 fully saturated rings. The van der Waals surface area contributed by atoms with Crippen molar-refractivity contribution in [3.63, 3.8) is 0 Å². The summed E-state index contributed by atoms with van der Waals surface area (Å²) < 4.78 is 1.68. The van der Waals surface area contributed by atoms with Crippen molar-refractivity contribution in [2.75, 3.05) is 33.7 Å². The SMILES string of the molecule is Cc1ccc(-n2nnc(C(=O)NCCCN3CCCC3C(=O)N(C)C)c2C)cc1. The summed E-state index contributed by atoms with van der Waals surface area (Å²) in [4.78, 5) is 28.6.